The third-order valence-corrected chi connectivity index (χ3v) is 4.73. The van der Waals surface area contributed by atoms with Crippen LogP contribution in [0.3, 0.4) is 0 Å². The number of ether oxygens (including phenoxy) is 1. The molecule has 1 unspecified atom stereocenters. The first-order valence-corrected chi connectivity index (χ1v) is 7.80. The maximum absolute atomic E-state index is 12.0. The minimum Gasteiger partial charge on any atom is -0.497 e. The van der Waals surface area contributed by atoms with Crippen molar-refractivity contribution in [3.63, 3.8) is 0 Å². The predicted molar refractivity (Wildman–Crippen MR) is 86.3 cm³/mol. The van der Waals surface area contributed by atoms with Crippen LogP contribution >= 0.6 is 35.5 Å². The number of rotatable bonds is 3. The molecule has 8 heteroatoms. The van der Waals surface area contributed by atoms with E-state index in [0.717, 1.165) is 27.6 Å². The third kappa shape index (κ3) is 3.17. The van der Waals surface area contributed by atoms with E-state index in [2.05, 4.69) is 15.6 Å². The Bertz CT molecular complexity index is 614. The number of fused-ring (bicyclic) bond motifs is 1. The standard InChI is InChI=1S/C12H13N3O2S2.ClH/c1-17-7-2-3-8-10(4-7)19-12(14-8)15-11(16)9-5-18-6-13-9;/h2-4,9,13H,5-6H2,1H3,(H,14,15,16);1H. The number of halogens is 1. The molecule has 1 aromatic carbocycles. The predicted octanol–water partition coefficient (Wildman–Crippen LogP) is 2.33. The highest BCUT2D eigenvalue weighted by Crippen LogP contribution is 2.29. The number of carbonyl (C=O) groups excluding carboxylic acids is 1. The SMILES string of the molecule is COc1ccc2nc(NC(=O)C3CSCN3)sc2c1.Cl. The topological polar surface area (TPSA) is 63.2 Å². The number of amides is 1. The van der Waals surface area contributed by atoms with Gasteiger partial charge in [-0.05, 0) is 18.2 Å². The largest absolute Gasteiger partial charge is 0.497 e. The quantitative estimate of drug-likeness (QED) is 0.903. The van der Waals surface area contributed by atoms with E-state index in [4.69, 9.17) is 4.74 Å². The number of hydrogen-bond donors (Lipinski definition) is 2. The molecule has 2 heterocycles. The summed E-state index contributed by atoms with van der Waals surface area (Å²) < 4.78 is 6.18. The average Bonchev–Trinajstić information content (AvgIpc) is 3.06. The molecule has 1 aliphatic heterocycles. The molecular formula is C12H14ClN3O2S2. The first-order chi connectivity index (χ1) is 9.26. The Hall–Kier alpha value is -1.02. The van der Waals surface area contributed by atoms with Gasteiger partial charge in [-0.15, -0.1) is 24.2 Å². The van der Waals surface area contributed by atoms with Gasteiger partial charge in [0.1, 0.15) is 5.75 Å². The Morgan fingerprint density at radius 1 is 1.55 bits per heavy atom. The van der Waals surface area contributed by atoms with E-state index in [9.17, 15) is 4.79 Å². The Morgan fingerprint density at radius 3 is 3.10 bits per heavy atom. The van der Waals surface area contributed by atoms with Crippen molar-refractivity contribution in [3.05, 3.63) is 18.2 Å². The number of aromatic nitrogens is 1. The second-order valence-corrected chi connectivity index (χ2v) is 6.17. The zero-order valence-electron chi connectivity index (χ0n) is 10.7. The van der Waals surface area contributed by atoms with E-state index in [1.165, 1.54) is 11.3 Å². The van der Waals surface area contributed by atoms with Gasteiger partial charge in [-0.3, -0.25) is 10.1 Å². The molecule has 0 saturated carbocycles. The van der Waals surface area contributed by atoms with Gasteiger partial charge in [0.25, 0.3) is 0 Å². The molecule has 5 nitrogen and oxygen atoms in total. The number of thiazole rings is 1. The van der Waals surface area contributed by atoms with Crippen molar-refractivity contribution in [1.29, 1.82) is 0 Å². The van der Waals surface area contributed by atoms with Crippen molar-refractivity contribution in [3.8, 4) is 5.75 Å². The molecule has 0 bridgehead atoms. The summed E-state index contributed by atoms with van der Waals surface area (Å²) in [6.07, 6.45) is 0. The summed E-state index contributed by atoms with van der Waals surface area (Å²) in [5.41, 5.74) is 0.870. The molecule has 1 fully saturated rings. The molecule has 2 N–H and O–H groups in total. The number of hydrogen-bond acceptors (Lipinski definition) is 6. The number of carbonyl (C=O) groups is 1. The molecule has 1 aromatic heterocycles. The summed E-state index contributed by atoms with van der Waals surface area (Å²) in [5.74, 6) is 2.42. The maximum atomic E-state index is 12.0. The van der Waals surface area contributed by atoms with Crippen LogP contribution in [-0.4, -0.2) is 35.7 Å². The van der Waals surface area contributed by atoms with Crippen molar-refractivity contribution in [2.24, 2.45) is 0 Å². The minimum absolute atomic E-state index is 0. The lowest BCUT2D eigenvalue weighted by molar-refractivity contribution is -0.117. The first-order valence-electron chi connectivity index (χ1n) is 5.83. The van der Waals surface area contributed by atoms with Gasteiger partial charge >= 0.3 is 0 Å². The fourth-order valence-electron chi connectivity index (χ4n) is 1.84. The van der Waals surface area contributed by atoms with Crippen LogP contribution in [0, 0.1) is 0 Å². The highest BCUT2D eigenvalue weighted by molar-refractivity contribution is 7.99. The van der Waals surface area contributed by atoms with Crippen molar-refractivity contribution < 1.29 is 9.53 Å². The molecule has 3 rings (SSSR count). The molecule has 1 aliphatic rings. The lowest BCUT2D eigenvalue weighted by atomic mass is 10.3. The van der Waals surface area contributed by atoms with E-state index < -0.39 is 0 Å². The highest BCUT2D eigenvalue weighted by Gasteiger charge is 2.23. The lowest BCUT2D eigenvalue weighted by Gasteiger charge is -2.07. The second kappa shape index (κ2) is 6.62. The maximum Gasteiger partial charge on any atom is 0.244 e. The number of nitrogens with zero attached hydrogens (tertiary/aromatic N) is 1. The zero-order valence-corrected chi connectivity index (χ0v) is 13.2. The van der Waals surface area contributed by atoms with Gasteiger partial charge in [0, 0.05) is 11.6 Å². The third-order valence-electron chi connectivity index (χ3n) is 2.86. The average molecular weight is 332 g/mol. The van der Waals surface area contributed by atoms with E-state index in [1.807, 2.05) is 18.2 Å². The van der Waals surface area contributed by atoms with Crippen LogP contribution in [0.1, 0.15) is 0 Å². The van der Waals surface area contributed by atoms with Crippen LogP contribution in [0.25, 0.3) is 10.2 Å². The van der Waals surface area contributed by atoms with Crippen LogP contribution < -0.4 is 15.4 Å². The van der Waals surface area contributed by atoms with Gasteiger partial charge < -0.3 is 10.1 Å². The van der Waals surface area contributed by atoms with Gasteiger partial charge in [-0.1, -0.05) is 11.3 Å². The molecule has 0 radical (unpaired) electrons. The summed E-state index contributed by atoms with van der Waals surface area (Å²) in [5, 5.41) is 6.63. The van der Waals surface area contributed by atoms with Crippen LogP contribution in [0.15, 0.2) is 18.2 Å². The van der Waals surface area contributed by atoms with E-state index in [0.29, 0.717) is 5.13 Å². The van der Waals surface area contributed by atoms with Crippen LogP contribution in [0.4, 0.5) is 5.13 Å². The lowest BCUT2D eigenvalue weighted by Crippen LogP contribution is -2.37. The molecule has 1 amide bonds. The molecular weight excluding hydrogens is 318 g/mol. The van der Waals surface area contributed by atoms with Crippen LogP contribution in [0.5, 0.6) is 5.75 Å². The summed E-state index contributed by atoms with van der Waals surface area (Å²) in [6.45, 7) is 0. The van der Waals surface area contributed by atoms with Crippen molar-refractivity contribution >= 4 is 56.8 Å². The van der Waals surface area contributed by atoms with Gasteiger partial charge in [-0.2, -0.15) is 0 Å². The number of anilines is 1. The van der Waals surface area contributed by atoms with Gasteiger partial charge in [0.15, 0.2) is 5.13 Å². The summed E-state index contributed by atoms with van der Waals surface area (Å²) in [7, 11) is 1.63. The fraction of sp³-hybridized carbons (Fsp3) is 0.333. The van der Waals surface area contributed by atoms with Crippen molar-refractivity contribution in [2.45, 2.75) is 6.04 Å². The van der Waals surface area contributed by atoms with Gasteiger partial charge in [0.2, 0.25) is 5.91 Å². The van der Waals surface area contributed by atoms with Gasteiger partial charge in [0.05, 0.1) is 23.4 Å². The smallest absolute Gasteiger partial charge is 0.244 e. The Morgan fingerprint density at radius 2 is 2.40 bits per heavy atom. The van der Waals surface area contributed by atoms with E-state index in [-0.39, 0.29) is 24.4 Å². The van der Waals surface area contributed by atoms with E-state index >= 15 is 0 Å². The minimum atomic E-state index is -0.119. The second-order valence-electron chi connectivity index (χ2n) is 4.11. The summed E-state index contributed by atoms with van der Waals surface area (Å²) in [6, 6.07) is 5.56. The molecule has 2 aromatic rings. The normalized spacial score (nSPS) is 17.8. The Labute approximate surface area is 130 Å². The molecule has 0 aliphatic carbocycles. The summed E-state index contributed by atoms with van der Waals surface area (Å²) in [4.78, 5) is 16.4. The number of methoxy groups -OCH3 is 1. The number of nitrogens with one attached hydrogen (secondary N) is 2. The molecule has 1 saturated heterocycles. The Balaban J connectivity index is 0.00000147. The molecule has 1 atom stereocenters. The zero-order chi connectivity index (χ0) is 13.2. The highest BCUT2D eigenvalue weighted by atomic mass is 35.5. The monoisotopic (exact) mass is 331 g/mol. The van der Waals surface area contributed by atoms with Crippen molar-refractivity contribution in [1.82, 2.24) is 10.3 Å². The van der Waals surface area contributed by atoms with Crippen LogP contribution in [0.2, 0.25) is 0 Å². The van der Waals surface area contributed by atoms with Gasteiger partial charge in [-0.25, -0.2) is 4.98 Å². The fourth-order valence-corrected chi connectivity index (χ4v) is 3.68. The van der Waals surface area contributed by atoms with Crippen molar-refractivity contribution in [2.75, 3.05) is 24.1 Å². The first kappa shape index (κ1) is 15.4. The number of benzene rings is 1. The molecule has 108 valence electrons. The Kier molecular flexibility index (Phi) is 5.09. The van der Waals surface area contributed by atoms with E-state index in [1.54, 1.807) is 18.9 Å². The number of thioether (sulfide) groups is 1. The molecule has 0 spiro atoms. The molecule has 20 heavy (non-hydrogen) atoms. The van der Waals surface area contributed by atoms with Crippen LogP contribution in [-0.2, 0) is 4.79 Å². The summed E-state index contributed by atoms with van der Waals surface area (Å²) >= 11 is 3.18.